The van der Waals surface area contributed by atoms with Crippen LogP contribution in [0, 0.1) is 0 Å². The number of carbonyl (C=O) groups excluding carboxylic acids is 1. The van der Waals surface area contributed by atoms with Crippen molar-refractivity contribution in [3.8, 4) is 0 Å². The molecule has 0 N–H and O–H groups in total. The summed E-state index contributed by atoms with van der Waals surface area (Å²) in [5, 5.41) is 3.21. The molecule has 0 aliphatic heterocycles. The molecule has 0 saturated carbocycles. The van der Waals surface area contributed by atoms with Gasteiger partial charge in [-0.15, -0.1) is 17.9 Å². The molecule has 0 spiro atoms. The topological polar surface area (TPSA) is 55.2 Å². The number of rotatable bonds is 6. The van der Waals surface area contributed by atoms with Gasteiger partial charge >= 0.3 is 0 Å². The predicted molar refractivity (Wildman–Crippen MR) is 108 cm³/mol. The van der Waals surface area contributed by atoms with Gasteiger partial charge in [-0.1, -0.05) is 30.0 Å². The van der Waals surface area contributed by atoms with Gasteiger partial charge in [-0.05, 0) is 29.1 Å². The van der Waals surface area contributed by atoms with E-state index in [1.165, 1.54) is 23.1 Å². The van der Waals surface area contributed by atoms with Gasteiger partial charge in [-0.25, -0.2) is 4.98 Å². The van der Waals surface area contributed by atoms with E-state index in [-0.39, 0.29) is 11.5 Å². The molecule has 134 valence electrons. The number of thioether (sulfide) groups is 1. The van der Waals surface area contributed by atoms with Crippen LogP contribution in [0.3, 0.4) is 0 Å². The molecule has 5 nitrogen and oxygen atoms in total. The van der Waals surface area contributed by atoms with E-state index in [0.29, 0.717) is 28.4 Å². The molecule has 3 rings (SSSR count). The molecule has 0 aliphatic carbocycles. The first kappa shape index (κ1) is 18.4. The molecule has 0 fully saturated rings. The third-order valence-electron chi connectivity index (χ3n) is 3.84. The quantitative estimate of drug-likeness (QED) is 0.369. The molecular formula is C19H19N3O2S2. The van der Waals surface area contributed by atoms with E-state index in [2.05, 4.69) is 11.6 Å². The molecule has 7 heteroatoms. The molecule has 3 aromatic rings. The minimum absolute atomic E-state index is 0.0196. The van der Waals surface area contributed by atoms with Crippen molar-refractivity contribution in [2.24, 2.45) is 0 Å². The Morgan fingerprint density at radius 3 is 2.69 bits per heavy atom. The van der Waals surface area contributed by atoms with E-state index in [1.54, 1.807) is 29.6 Å². The van der Waals surface area contributed by atoms with Gasteiger partial charge in [0.2, 0.25) is 0 Å². The number of carbonyl (C=O) groups is 1. The number of benzene rings is 1. The summed E-state index contributed by atoms with van der Waals surface area (Å²) in [6.45, 7) is 4.16. The monoisotopic (exact) mass is 385 g/mol. The number of allylic oxidation sites excluding steroid dienone is 1. The fourth-order valence-electron chi connectivity index (χ4n) is 2.48. The third kappa shape index (κ3) is 3.73. The lowest BCUT2D eigenvalue weighted by molar-refractivity contribution is 0.0827. The van der Waals surface area contributed by atoms with Gasteiger partial charge in [0.25, 0.3) is 11.5 Å². The first-order valence-electron chi connectivity index (χ1n) is 8.03. The van der Waals surface area contributed by atoms with Crippen LogP contribution < -0.4 is 5.56 Å². The van der Waals surface area contributed by atoms with Crippen LogP contribution in [0.4, 0.5) is 0 Å². The molecular weight excluding hydrogens is 366 g/mol. The van der Waals surface area contributed by atoms with E-state index in [4.69, 9.17) is 0 Å². The summed E-state index contributed by atoms with van der Waals surface area (Å²) in [5.41, 5.74) is 1.69. The lowest BCUT2D eigenvalue weighted by Gasteiger charge is -2.11. The van der Waals surface area contributed by atoms with Crippen molar-refractivity contribution >= 4 is 39.2 Å². The van der Waals surface area contributed by atoms with E-state index in [9.17, 15) is 9.59 Å². The number of hydrogen-bond acceptors (Lipinski definition) is 5. The summed E-state index contributed by atoms with van der Waals surface area (Å²) in [6, 6.07) is 9.33. The van der Waals surface area contributed by atoms with Crippen LogP contribution in [0.2, 0.25) is 0 Å². The highest BCUT2D eigenvalue weighted by molar-refractivity contribution is 7.98. The second-order valence-electron chi connectivity index (χ2n) is 5.92. The Hall–Kier alpha value is -2.38. The maximum atomic E-state index is 12.6. The van der Waals surface area contributed by atoms with Gasteiger partial charge in [0, 0.05) is 32.0 Å². The summed E-state index contributed by atoms with van der Waals surface area (Å²) in [7, 11) is 3.47. The summed E-state index contributed by atoms with van der Waals surface area (Å²) >= 11 is 2.97. The summed E-state index contributed by atoms with van der Waals surface area (Å²) in [5.74, 6) is 0.644. The highest BCUT2D eigenvalue weighted by Crippen LogP contribution is 2.24. The minimum Gasteiger partial charge on any atom is -0.345 e. The summed E-state index contributed by atoms with van der Waals surface area (Å²) in [4.78, 5) is 31.5. The van der Waals surface area contributed by atoms with E-state index >= 15 is 0 Å². The average Bonchev–Trinajstić information content (AvgIpc) is 3.11. The molecule has 2 aromatic heterocycles. The minimum atomic E-state index is -0.0365. The zero-order valence-corrected chi connectivity index (χ0v) is 16.3. The van der Waals surface area contributed by atoms with E-state index < -0.39 is 0 Å². The van der Waals surface area contributed by atoms with Crippen molar-refractivity contribution in [2.75, 3.05) is 14.1 Å². The molecule has 0 unspecified atom stereocenters. The molecule has 0 atom stereocenters. The van der Waals surface area contributed by atoms with Gasteiger partial charge in [0.1, 0.15) is 4.83 Å². The van der Waals surface area contributed by atoms with Gasteiger partial charge in [-0.2, -0.15) is 0 Å². The van der Waals surface area contributed by atoms with Crippen LogP contribution in [-0.2, 0) is 12.3 Å². The Kier molecular flexibility index (Phi) is 5.58. The van der Waals surface area contributed by atoms with Gasteiger partial charge in [-0.3, -0.25) is 14.2 Å². The average molecular weight is 386 g/mol. The molecule has 0 radical (unpaired) electrons. The highest BCUT2D eigenvalue weighted by atomic mass is 32.2. The number of nitrogens with zero attached hydrogens (tertiary/aromatic N) is 3. The summed E-state index contributed by atoms with van der Waals surface area (Å²) in [6.07, 6.45) is 1.70. The Morgan fingerprint density at radius 1 is 1.31 bits per heavy atom. The fourth-order valence-corrected chi connectivity index (χ4v) is 4.25. The van der Waals surface area contributed by atoms with Crippen LogP contribution in [-0.4, -0.2) is 34.5 Å². The Morgan fingerprint density at radius 2 is 2.04 bits per heavy atom. The van der Waals surface area contributed by atoms with Gasteiger partial charge in [0.15, 0.2) is 5.16 Å². The first-order chi connectivity index (χ1) is 12.5. The molecule has 1 aromatic carbocycles. The fraction of sp³-hybridized carbons (Fsp3) is 0.211. The van der Waals surface area contributed by atoms with E-state index in [1.807, 2.05) is 35.7 Å². The second kappa shape index (κ2) is 7.88. The van der Waals surface area contributed by atoms with Crippen molar-refractivity contribution in [3.63, 3.8) is 0 Å². The van der Waals surface area contributed by atoms with Crippen LogP contribution in [0.25, 0.3) is 10.2 Å². The third-order valence-corrected chi connectivity index (χ3v) is 5.69. The first-order valence-corrected chi connectivity index (χ1v) is 9.90. The molecule has 0 saturated heterocycles. The number of amides is 1. The molecule has 0 bridgehead atoms. The van der Waals surface area contributed by atoms with Crippen molar-refractivity contribution in [2.45, 2.75) is 17.5 Å². The molecule has 2 heterocycles. The normalized spacial score (nSPS) is 10.8. The molecule has 1 amide bonds. The molecule has 0 aliphatic rings. The van der Waals surface area contributed by atoms with Crippen molar-refractivity contribution in [1.29, 1.82) is 0 Å². The highest BCUT2D eigenvalue weighted by Gasteiger charge is 2.12. The molecule has 26 heavy (non-hydrogen) atoms. The van der Waals surface area contributed by atoms with Crippen LogP contribution >= 0.6 is 23.1 Å². The zero-order chi connectivity index (χ0) is 18.7. The van der Waals surface area contributed by atoms with Crippen LogP contribution in [0.1, 0.15) is 15.9 Å². The van der Waals surface area contributed by atoms with Gasteiger partial charge in [0.05, 0.1) is 5.39 Å². The van der Waals surface area contributed by atoms with Crippen LogP contribution in [0.5, 0.6) is 0 Å². The number of hydrogen-bond donors (Lipinski definition) is 0. The second-order valence-corrected chi connectivity index (χ2v) is 7.76. The number of fused-ring (bicyclic) bond motifs is 1. The Labute approximate surface area is 160 Å². The Balaban J connectivity index is 1.83. The Bertz CT molecular complexity index is 1000. The van der Waals surface area contributed by atoms with Crippen LogP contribution in [0.15, 0.2) is 58.3 Å². The van der Waals surface area contributed by atoms with Crippen molar-refractivity contribution in [3.05, 3.63) is 69.8 Å². The number of thiophene rings is 1. The van der Waals surface area contributed by atoms with E-state index in [0.717, 1.165) is 10.4 Å². The largest absolute Gasteiger partial charge is 0.345 e. The smallest absolute Gasteiger partial charge is 0.263 e. The van der Waals surface area contributed by atoms with Crippen molar-refractivity contribution < 1.29 is 4.79 Å². The number of aromatic nitrogens is 2. The predicted octanol–water partition coefficient (Wildman–Crippen LogP) is 3.64. The maximum Gasteiger partial charge on any atom is 0.263 e. The lowest BCUT2D eigenvalue weighted by Crippen LogP contribution is -2.22. The zero-order valence-electron chi connectivity index (χ0n) is 14.6. The standard InChI is InChI=1S/C19H19N3O2S2/c1-4-10-22-18(24)15-9-11-25-16(15)20-19(22)26-12-13-5-7-14(8-6-13)17(23)21(2)3/h4-9,11H,1,10,12H2,2-3H3. The SMILES string of the molecule is C=CCn1c(SCc2ccc(C(=O)N(C)C)cc2)nc2sccc2c1=O. The summed E-state index contributed by atoms with van der Waals surface area (Å²) < 4.78 is 1.65. The van der Waals surface area contributed by atoms with Gasteiger partial charge < -0.3 is 4.90 Å². The lowest BCUT2D eigenvalue weighted by atomic mass is 10.1. The van der Waals surface area contributed by atoms with Crippen molar-refractivity contribution in [1.82, 2.24) is 14.5 Å². The maximum absolute atomic E-state index is 12.6.